The number of anilines is 2. The van der Waals surface area contributed by atoms with Gasteiger partial charge in [-0.3, -0.25) is 4.98 Å². The van der Waals surface area contributed by atoms with Crippen molar-refractivity contribution in [2.45, 2.75) is 46.2 Å². The largest absolute Gasteiger partial charge is 0.370 e. The third-order valence-corrected chi connectivity index (χ3v) is 9.02. The number of hydrogen-bond donors (Lipinski definition) is 1. The van der Waals surface area contributed by atoms with Gasteiger partial charge in [0, 0.05) is 36.4 Å². The lowest BCUT2D eigenvalue weighted by Crippen LogP contribution is -2.38. The van der Waals surface area contributed by atoms with E-state index in [2.05, 4.69) is 52.1 Å². The van der Waals surface area contributed by atoms with E-state index >= 15 is 0 Å². The maximum Gasteiger partial charge on any atom is 0.174 e. The van der Waals surface area contributed by atoms with Crippen molar-refractivity contribution >= 4 is 40.3 Å². The van der Waals surface area contributed by atoms with E-state index in [1.807, 2.05) is 54.8 Å². The molecule has 0 spiro atoms. The molecule has 0 saturated carbocycles. The number of thiocarbonyl (C=S) groups is 1. The van der Waals surface area contributed by atoms with Crippen LogP contribution in [0.25, 0.3) is 5.69 Å². The first-order valence-electron chi connectivity index (χ1n) is 14.2. The summed E-state index contributed by atoms with van der Waals surface area (Å²) in [6, 6.07) is 20.8. The monoisotopic (exact) mass is 587 g/mol. The molecular weight excluding hydrogens is 553 g/mol. The molecule has 2 fully saturated rings. The van der Waals surface area contributed by atoms with Crippen LogP contribution in [0.3, 0.4) is 0 Å². The Kier molecular flexibility index (Phi) is 7.51. The van der Waals surface area contributed by atoms with Crippen LogP contribution in [0.1, 0.15) is 55.0 Å². The molecule has 2 aromatic carbocycles. The number of aryl methyl sites for hydroxylation is 1. The molecule has 0 aliphatic carbocycles. The normalized spacial score (nSPS) is 22.7. The predicted molar refractivity (Wildman–Crippen MR) is 170 cm³/mol. The molecule has 5 nitrogen and oxygen atoms in total. The van der Waals surface area contributed by atoms with E-state index in [1.54, 1.807) is 12.3 Å². The first-order chi connectivity index (χ1) is 19.7. The van der Waals surface area contributed by atoms with Crippen molar-refractivity contribution in [3.63, 3.8) is 0 Å². The van der Waals surface area contributed by atoms with E-state index in [0.29, 0.717) is 27.7 Å². The Bertz CT molecular complexity index is 1580. The summed E-state index contributed by atoms with van der Waals surface area (Å²) in [4.78, 5) is 9.23. The van der Waals surface area contributed by atoms with Crippen LogP contribution in [0.2, 0.25) is 5.02 Å². The van der Waals surface area contributed by atoms with Crippen LogP contribution in [0.15, 0.2) is 72.9 Å². The summed E-state index contributed by atoms with van der Waals surface area (Å²) in [7, 11) is 0. The molecule has 2 aliphatic heterocycles. The molecule has 2 aromatic heterocycles. The highest BCUT2D eigenvalue weighted by molar-refractivity contribution is 7.80. The molecule has 41 heavy (non-hydrogen) atoms. The van der Waals surface area contributed by atoms with Crippen molar-refractivity contribution in [2.75, 3.05) is 22.9 Å². The molecule has 0 unspecified atom stereocenters. The van der Waals surface area contributed by atoms with Crippen molar-refractivity contribution < 1.29 is 4.39 Å². The number of hydrogen-bond acceptors (Lipinski definition) is 3. The van der Waals surface area contributed by atoms with Crippen LogP contribution in [-0.2, 0) is 0 Å². The smallest absolute Gasteiger partial charge is 0.174 e. The molecule has 0 amide bonds. The Morgan fingerprint density at radius 1 is 0.951 bits per heavy atom. The van der Waals surface area contributed by atoms with Gasteiger partial charge in [0.15, 0.2) is 5.11 Å². The van der Waals surface area contributed by atoms with Gasteiger partial charge in [-0.25, -0.2) is 4.39 Å². The molecule has 4 heterocycles. The number of benzene rings is 2. The molecule has 8 heteroatoms. The molecule has 1 N–H and O–H groups in total. The van der Waals surface area contributed by atoms with Gasteiger partial charge < -0.3 is 19.7 Å². The van der Waals surface area contributed by atoms with Crippen LogP contribution in [0.4, 0.5) is 15.8 Å². The molecule has 4 aromatic rings. The van der Waals surface area contributed by atoms with E-state index in [0.717, 1.165) is 47.1 Å². The van der Waals surface area contributed by atoms with Crippen molar-refractivity contribution in [2.24, 2.45) is 11.8 Å². The molecular formula is C33H35ClFN5S. The predicted octanol–water partition coefficient (Wildman–Crippen LogP) is 7.94. The first kappa shape index (κ1) is 27.7. The van der Waals surface area contributed by atoms with Crippen molar-refractivity contribution in [1.29, 1.82) is 0 Å². The van der Waals surface area contributed by atoms with Gasteiger partial charge in [0.25, 0.3) is 0 Å². The minimum absolute atomic E-state index is 0.208. The van der Waals surface area contributed by atoms with Gasteiger partial charge >= 0.3 is 0 Å². The van der Waals surface area contributed by atoms with Crippen molar-refractivity contribution in [1.82, 2.24) is 14.9 Å². The average Bonchev–Trinajstić information content (AvgIpc) is 3.43. The second-order valence-corrected chi connectivity index (χ2v) is 12.4. The standard InChI is InChI=1S/C33H35ClFN5S/c1-20-15-21(2)19-38(18-20)29-13-12-24(17-26(29)34)40-32(31(37-33(40)41)28-10-7-8-14-36-28)25-16-22(3)39(23(25)4)30-11-6-5-9-27(30)35/h5-14,16-17,20-21,31-32H,15,18-19H2,1-4H3,(H,37,41)/t20-,21-,31+,32-/m1/s1. The molecule has 2 aliphatic rings. The van der Waals surface area contributed by atoms with E-state index in [-0.39, 0.29) is 17.9 Å². The zero-order chi connectivity index (χ0) is 28.8. The van der Waals surface area contributed by atoms with E-state index in [1.165, 1.54) is 12.5 Å². The Morgan fingerprint density at radius 3 is 2.37 bits per heavy atom. The van der Waals surface area contributed by atoms with Crippen LogP contribution in [0.5, 0.6) is 0 Å². The third kappa shape index (κ3) is 5.10. The van der Waals surface area contributed by atoms with Crippen molar-refractivity contribution in [3.05, 3.63) is 106 Å². The summed E-state index contributed by atoms with van der Waals surface area (Å²) in [6.07, 6.45) is 3.04. The zero-order valence-corrected chi connectivity index (χ0v) is 25.4. The maximum absolute atomic E-state index is 15.0. The number of rotatable bonds is 5. The molecule has 2 saturated heterocycles. The highest BCUT2D eigenvalue weighted by atomic mass is 35.5. The topological polar surface area (TPSA) is 36.3 Å². The lowest BCUT2D eigenvalue weighted by molar-refractivity contribution is 0.357. The van der Waals surface area contributed by atoms with E-state index in [9.17, 15) is 4.39 Å². The molecule has 212 valence electrons. The Balaban J connectivity index is 1.45. The second-order valence-electron chi connectivity index (χ2n) is 11.6. The average molecular weight is 588 g/mol. The molecule has 6 rings (SSSR count). The highest BCUT2D eigenvalue weighted by Gasteiger charge is 2.42. The number of halogens is 2. The number of nitrogens with zero attached hydrogens (tertiary/aromatic N) is 4. The first-order valence-corrected chi connectivity index (χ1v) is 15.0. The summed E-state index contributed by atoms with van der Waals surface area (Å²) in [5, 5.41) is 4.86. The van der Waals surface area contributed by atoms with Crippen LogP contribution >= 0.6 is 23.8 Å². The molecule has 0 radical (unpaired) electrons. The van der Waals surface area contributed by atoms with Gasteiger partial charge in [0.05, 0.1) is 34.2 Å². The number of nitrogens with one attached hydrogen (secondary N) is 1. The fourth-order valence-electron chi connectivity index (χ4n) is 6.80. The maximum atomic E-state index is 15.0. The summed E-state index contributed by atoms with van der Waals surface area (Å²) in [5.41, 5.74) is 6.33. The quantitative estimate of drug-likeness (QED) is 0.240. The SMILES string of the molecule is Cc1cc([C@@H]2[C@H](c3ccccn3)NC(=S)N2c2ccc(N3C[C@H](C)C[C@@H](C)C3)c(Cl)c2)c(C)n1-c1ccccc1F. The van der Waals surface area contributed by atoms with Gasteiger partial charge in [-0.15, -0.1) is 0 Å². The summed E-state index contributed by atoms with van der Waals surface area (Å²) < 4.78 is 16.9. The number of pyridine rings is 1. The Hall–Kier alpha value is -3.42. The van der Waals surface area contributed by atoms with Gasteiger partial charge in [0.2, 0.25) is 0 Å². The highest BCUT2D eigenvalue weighted by Crippen LogP contribution is 2.45. The molecule has 4 atom stereocenters. The zero-order valence-electron chi connectivity index (χ0n) is 23.8. The third-order valence-electron chi connectivity index (χ3n) is 8.40. The van der Waals surface area contributed by atoms with Crippen LogP contribution < -0.4 is 15.1 Å². The fraction of sp³-hybridized carbons (Fsp3) is 0.333. The number of aromatic nitrogens is 2. The minimum atomic E-state index is -0.261. The summed E-state index contributed by atoms with van der Waals surface area (Å²) in [6.45, 7) is 10.7. The lowest BCUT2D eigenvalue weighted by atomic mass is 9.91. The Labute approximate surface area is 252 Å². The van der Waals surface area contributed by atoms with Crippen LogP contribution in [0, 0.1) is 31.5 Å². The minimum Gasteiger partial charge on any atom is -0.370 e. The van der Waals surface area contributed by atoms with E-state index in [4.69, 9.17) is 23.8 Å². The second kappa shape index (κ2) is 11.1. The van der Waals surface area contributed by atoms with Crippen LogP contribution in [-0.4, -0.2) is 27.8 Å². The fourth-order valence-corrected chi connectivity index (χ4v) is 7.44. The summed E-state index contributed by atoms with van der Waals surface area (Å²) >= 11 is 13.0. The number of piperidine rings is 1. The van der Waals surface area contributed by atoms with Gasteiger partial charge in [-0.05, 0) is 98.4 Å². The van der Waals surface area contributed by atoms with Gasteiger partial charge in [0.1, 0.15) is 5.82 Å². The van der Waals surface area contributed by atoms with E-state index < -0.39 is 0 Å². The molecule has 0 bridgehead atoms. The van der Waals surface area contributed by atoms with Crippen molar-refractivity contribution in [3.8, 4) is 5.69 Å². The lowest BCUT2D eigenvalue weighted by Gasteiger charge is -2.37. The van der Waals surface area contributed by atoms with Gasteiger partial charge in [-0.2, -0.15) is 0 Å². The van der Waals surface area contributed by atoms with Gasteiger partial charge in [-0.1, -0.05) is 43.6 Å². The number of para-hydroxylation sites is 1. The Morgan fingerprint density at radius 2 is 1.68 bits per heavy atom. The summed E-state index contributed by atoms with van der Waals surface area (Å²) in [5.74, 6) is 0.985.